The van der Waals surface area contributed by atoms with Gasteiger partial charge in [0, 0.05) is 17.4 Å². The van der Waals surface area contributed by atoms with Gasteiger partial charge in [-0.05, 0) is 36.2 Å². The van der Waals surface area contributed by atoms with E-state index in [1.165, 1.54) is 5.56 Å². The fourth-order valence-corrected chi connectivity index (χ4v) is 3.98. The van der Waals surface area contributed by atoms with Crippen LogP contribution < -0.4 is 4.74 Å². The number of hydrogen-bond acceptors (Lipinski definition) is 4. The largest absolute Gasteiger partial charge is 0.489 e. The number of benzene rings is 3. The molecule has 0 radical (unpaired) electrons. The smallest absolute Gasteiger partial charge is 0.380 e. The second kappa shape index (κ2) is 7.76. The van der Waals surface area contributed by atoms with Crippen LogP contribution in [0.3, 0.4) is 0 Å². The summed E-state index contributed by atoms with van der Waals surface area (Å²) in [5.41, 5.74) is 5.38. The van der Waals surface area contributed by atoms with Gasteiger partial charge in [0.1, 0.15) is 19.0 Å². The highest BCUT2D eigenvalue weighted by atomic mass is 16.5. The number of cyclic esters (lactones) is 1. The van der Waals surface area contributed by atoms with Crippen LogP contribution in [0.1, 0.15) is 32.7 Å². The summed E-state index contributed by atoms with van der Waals surface area (Å²) in [5.74, 6) is -0.759. The molecule has 3 aromatic carbocycles. The number of esters is 1. The maximum Gasteiger partial charge on any atom is 0.380 e. The molecule has 0 saturated carbocycles. The van der Waals surface area contributed by atoms with Crippen LogP contribution >= 0.6 is 0 Å². The summed E-state index contributed by atoms with van der Waals surface area (Å²) in [6, 6.07) is 23.8. The van der Waals surface area contributed by atoms with E-state index < -0.39 is 11.8 Å². The summed E-state index contributed by atoms with van der Waals surface area (Å²) in [4.78, 5) is 24.7. The molecule has 0 unspecified atom stereocenters. The number of Topliss-reactive ketones (excluding diaryl/α,β-unsaturated/α-hetero) is 1. The summed E-state index contributed by atoms with van der Waals surface area (Å²) in [5, 5.41) is 0.717. The topological polar surface area (TPSA) is 57.5 Å². The van der Waals surface area contributed by atoms with Gasteiger partial charge in [-0.1, -0.05) is 60.2 Å². The van der Waals surface area contributed by atoms with Crippen LogP contribution in [-0.4, -0.2) is 16.3 Å². The minimum atomic E-state index is -0.808. The maximum atomic E-state index is 12.7. The van der Waals surface area contributed by atoms with Gasteiger partial charge in [-0.15, -0.1) is 0 Å². The van der Waals surface area contributed by atoms with Gasteiger partial charge in [0.05, 0.1) is 11.3 Å². The molecule has 5 heteroatoms. The third kappa shape index (κ3) is 3.59. The van der Waals surface area contributed by atoms with Crippen molar-refractivity contribution in [3.63, 3.8) is 0 Å². The predicted molar refractivity (Wildman–Crippen MR) is 117 cm³/mol. The van der Waals surface area contributed by atoms with E-state index in [1.54, 1.807) is 0 Å². The second-order valence-corrected chi connectivity index (χ2v) is 7.75. The van der Waals surface area contributed by atoms with E-state index in [9.17, 15) is 9.59 Å². The Kier molecular flexibility index (Phi) is 4.79. The van der Waals surface area contributed by atoms with Gasteiger partial charge in [0.2, 0.25) is 0 Å². The van der Waals surface area contributed by atoms with Crippen molar-refractivity contribution < 1.29 is 19.1 Å². The molecule has 5 rings (SSSR count). The zero-order valence-corrected chi connectivity index (χ0v) is 17.1. The van der Waals surface area contributed by atoms with Gasteiger partial charge < -0.3 is 14.0 Å². The van der Waals surface area contributed by atoms with Crippen LogP contribution in [0, 0.1) is 6.92 Å². The number of fused-ring (bicyclic) bond motifs is 3. The maximum absolute atomic E-state index is 12.7. The third-order valence-corrected chi connectivity index (χ3v) is 5.60. The highest BCUT2D eigenvalue weighted by molar-refractivity contribution is 6.44. The van der Waals surface area contributed by atoms with E-state index in [0.29, 0.717) is 29.9 Å². The van der Waals surface area contributed by atoms with Gasteiger partial charge in [-0.2, -0.15) is 0 Å². The Balaban J connectivity index is 1.56. The van der Waals surface area contributed by atoms with Gasteiger partial charge in [-0.25, -0.2) is 4.79 Å². The van der Waals surface area contributed by atoms with Crippen molar-refractivity contribution in [2.24, 2.45) is 0 Å². The van der Waals surface area contributed by atoms with Gasteiger partial charge in [-0.3, -0.25) is 4.79 Å². The molecule has 1 aliphatic heterocycles. The number of ether oxygens (including phenoxy) is 2. The molecule has 0 amide bonds. The Labute approximate surface area is 179 Å². The van der Waals surface area contributed by atoms with E-state index in [0.717, 1.165) is 22.3 Å². The van der Waals surface area contributed by atoms with Crippen molar-refractivity contribution in [3.8, 4) is 5.75 Å². The predicted octanol–water partition coefficient (Wildman–Crippen LogP) is 4.82. The number of hydrogen-bond donors (Lipinski definition) is 0. The number of carbonyl (C=O) groups excluding carboxylic acids is 2. The van der Waals surface area contributed by atoms with E-state index in [-0.39, 0.29) is 6.61 Å². The van der Waals surface area contributed by atoms with Crippen molar-refractivity contribution in [3.05, 3.63) is 101 Å². The zero-order valence-electron chi connectivity index (χ0n) is 17.1. The Morgan fingerprint density at radius 3 is 2.48 bits per heavy atom. The molecule has 154 valence electrons. The molecule has 0 fully saturated rings. The fraction of sp³-hybridized carbons (Fsp3) is 0.154. The number of aryl methyl sites for hydroxylation is 1. The minimum absolute atomic E-state index is 0.0840. The molecular formula is C26H21NO4. The summed E-state index contributed by atoms with van der Waals surface area (Å²) in [6.45, 7) is 3.14. The standard InChI is InChI=1S/C26H21NO4/c1-17-7-9-18(10-8-17)14-27-22-12-11-20(30-15-19-5-3-2-4-6-19)13-21(22)24-23(27)16-31-26(29)25(24)28/h2-13H,14-16H2,1H3. The number of rotatable bonds is 5. The van der Waals surface area contributed by atoms with E-state index in [1.807, 2.05) is 55.5 Å². The van der Waals surface area contributed by atoms with E-state index >= 15 is 0 Å². The molecule has 0 atom stereocenters. The minimum Gasteiger partial charge on any atom is -0.489 e. The first-order valence-electron chi connectivity index (χ1n) is 10.2. The van der Waals surface area contributed by atoms with Crippen molar-refractivity contribution in [2.45, 2.75) is 26.7 Å². The lowest BCUT2D eigenvalue weighted by Gasteiger charge is -2.15. The average Bonchev–Trinajstić information content (AvgIpc) is 3.10. The molecule has 0 spiro atoms. The zero-order chi connectivity index (χ0) is 21.4. The van der Waals surface area contributed by atoms with Crippen LogP contribution in [0.25, 0.3) is 10.9 Å². The van der Waals surface area contributed by atoms with Crippen LogP contribution in [0.15, 0.2) is 72.8 Å². The first kappa shape index (κ1) is 19.1. The molecule has 4 aromatic rings. The lowest BCUT2D eigenvalue weighted by Crippen LogP contribution is -2.25. The van der Waals surface area contributed by atoms with Gasteiger partial charge in [0.25, 0.3) is 5.78 Å². The Morgan fingerprint density at radius 1 is 0.935 bits per heavy atom. The van der Waals surface area contributed by atoms with Gasteiger partial charge in [0.15, 0.2) is 0 Å². The van der Waals surface area contributed by atoms with E-state index in [2.05, 4.69) is 28.8 Å². The summed E-state index contributed by atoms with van der Waals surface area (Å²) in [7, 11) is 0. The van der Waals surface area contributed by atoms with Crippen molar-refractivity contribution in [1.82, 2.24) is 4.57 Å². The van der Waals surface area contributed by atoms with Gasteiger partial charge >= 0.3 is 5.97 Å². The SMILES string of the molecule is Cc1ccc(Cn2c3c(c4cc(OCc5ccccc5)ccc42)C(=O)C(=O)OC3)cc1. The molecule has 31 heavy (non-hydrogen) atoms. The molecule has 0 saturated heterocycles. The third-order valence-electron chi connectivity index (χ3n) is 5.60. The summed E-state index contributed by atoms with van der Waals surface area (Å²) >= 11 is 0. The number of ketones is 1. The van der Waals surface area contributed by atoms with Crippen LogP contribution in [0.4, 0.5) is 0 Å². The Morgan fingerprint density at radius 2 is 1.71 bits per heavy atom. The van der Waals surface area contributed by atoms with Crippen LogP contribution in [-0.2, 0) is 29.3 Å². The highest BCUT2D eigenvalue weighted by Crippen LogP contribution is 2.33. The molecule has 1 aromatic heterocycles. The first-order chi connectivity index (χ1) is 15.1. The lowest BCUT2D eigenvalue weighted by atomic mass is 10.0. The molecule has 0 bridgehead atoms. The average molecular weight is 411 g/mol. The van der Waals surface area contributed by atoms with Crippen LogP contribution in [0.5, 0.6) is 5.75 Å². The molecule has 1 aliphatic rings. The molecule has 0 aliphatic carbocycles. The monoisotopic (exact) mass is 411 g/mol. The van der Waals surface area contributed by atoms with E-state index in [4.69, 9.17) is 9.47 Å². The number of aromatic nitrogens is 1. The van der Waals surface area contributed by atoms with Crippen molar-refractivity contribution in [1.29, 1.82) is 0 Å². The quantitative estimate of drug-likeness (QED) is 0.349. The second-order valence-electron chi connectivity index (χ2n) is 7.75. The Bertz CT molecular complexity index is 1290. The number of carbonyl (C=O) groups is 2. The number of nitrogens with zero attached hydrogens (tertiary/aromatic N) is 1. The molecular weight excluding hydrogens is 390 g/mol. The summed E-state index contributed by atoms with van der Waals surface area (Å²) < 4.78 is 13.2. The highest BCUT2D eigenvalue weighted by Gasteiger charge is 2.33. The van der Waals surface area contributed by atoms with Crippen molar-refractivity contribution >= 4 is 22.7 Å². The van der Waals surface area contributed by atoms with Crippen molar-refractivity contribution in [2.75, 3.05) is 0 Å². The van der Waals surface area contributed by atoms with Crippen LogP contribution in [0.2, 0.25) is 0 Å². The normalized spacial score (nSPS) is 13.2. The molecule has 0 N–H and O–H groups in total. The molecule has 5 nitrogen and oxygen atoms in total. The molecule has 2 heterocycles. The fourth-order valence-electron chi connectivity index (χ4n) is 3.98. The first-order valence-corrected chi connectivity index (χ1v) is 10.2. The summed E-state index contributed by atoms with van der Waals surface area (Å²) in [6.07, 6.45) is 0. The Hall–Kier alpha value is -3.86. The lowest BCUT2D eigenvalue weighted by molar-refractivity contribution is -0.140.